The van der Waals surface area contributed by atoms with Gasteiger partial charge >= 0.3 is 0 Å². The molecule has 5 aromatic rings. The molecular formula is C67H91N15O12. The van der Waals surface area contributed by atoms with Crippen LogP contribution in [0.25, 0.3) is 21.8 Å². The van der Waals surface area contributed by atoms with E-state index >= 15 is 4.79 Å². The molecule has 94 heavy (non-hydrogen) atoms. The summed E-state index contributed by atoms with van der Waals surface area (Å²) in [4.78, 5) is 181. The highest BCUT2D eigenvalue weighted by molar-refractivity contribution is 6.01. The van der Waals surface area contributed by atoms with Gasteiger partial charge in [0.05, 0.1) is 6.42 Å². The Kier molecular flexibility index (Phi) is 25.8. The average Bonchev–Trinajstić information content (AvgIpc) is 1.64. The van der Waals surface area contributed by atoms with E-state index in [9.17, 15) is 52.7 Å². The Morgan fingerprint density at radius 3 is 1.44 bits per heavy atom. The summed E-state index contributed by atoms with van der Waals surface area (Å²) in [6.07, 6.45) is 1.90. The van der Waals surface area contributed by atoms with E-state index in [2.05, 4.69) is 57.8 Å². The molecule has 0 radical (unpaired) electrons. The van der Waals surface area contributed by atoms with Crippen molar-refractivity contribution in [3.63, 3.8) is 0 Å². The Balaban J connectivity index is 1.32. The van der Waals surface area contributed by atoms with Crippen LogP contribution in [0.1, 0.15) is 116 Å². The fraction of sp³-hybridized carbons (Fsp3) is 0.493. The summed E-state index contributed by atoms with van der Waals surface area (Å²) in [6.45, 7) is 10.8. The van der Waals surface area contributed by atoms with Gasteiger partial charge in [-0.2, -0.15) is 0 Å². The number of carbonyl (C=O) groups is 12. The lowest BCUT2D eigenvalue weighted by molar-refractivity contribution is -0.142. The van der Waals surface area contributed by atoms with Crippen molar-refractivity contribution in [2.75, 3.05) is 13.1 Å². The lowest BCUT2D eigenvalue weighted by Gasteiger charge is -2.32. The second-order valence-corrected chi connectivity index (χ2v) is 25.6. The third kappa shape index (κ3) is 19.9. The predicted molar refractivity (Wildman–Crippen MR) is 351 cm³/mol. The number of primary amides is 2. The molecule has 2 aliphatic heterocycles. The molecule has 27 nitrogen and oxygen atoms in total. The normalized spacial score (nSPS) is 24.0. The van der Waals surface area contributed by atoms with Crippen LogP contribution in [0.2, 0.25) is 0 Å². The number of benzene rings is 3. The van der Waals surface area contributed by atoms with E-state index in [1.165, 1.54) is 4.90 Å². The first-order valence-electron chi connectivity index (χ1n) is 32.2. The molecule has 0 unspecified atom stereocenters. The van der Waals surface area contributed by atoms with Gasteiger partial charge in [-0.3, -0.25) is 57.5 Å². The minimum absolute atomic E-state index is 0.0106. The van der Waals surface area contributed by atoms with Crippen LogP contribution in [0.15, 0.2) is 91.3 Å². The molecule has 2 aliphatic rings. The van der Waals surface area contributed by atoms with Gasteiger partial charge in [-0.1, -0.05) is 108 Å². The second-order valence-electron chi connectivity index (χ2n) is 25.6. The summed E-state index contributed by atoms with van der Waals surface area (Å²) in [6, 6.07) is 8.85. The summed E-state index contributed by atoms with van der Waals surface area (Å²) in [7, 11) is 0. The quantitative estimate of drug-likeness (QED) is 0.0542. The Labute approximate surface area is 545 Å². The van der Waals surface area contributed by atoms with Crippen LogP contribution in [0.3, 0.4) is 0 Å². The molecule has 2 fully saturated rings. The first-order valence-corrected chi connectivity index (χ1v) is 32.2. The standard InChI is InChI=1S/C67H91N15O12/c1-36(2)28-48-61(88)80-53(30-39-16-8-7-9-17-39)67(94)82-27-15-23-54(82)65(92)79-49(29-37(3)4)60(87)77-50(31-40-34-71-44-20-12-10-18-42(40)44)62(89)78-52(33-56(70)84)63(90)73-47(24-25-55(69)83)59(86)76-51(32-41-35-72-45-21-13-11-19-43(41)45)64(91)81-57(38(5)6)66(93)74-46(22-14-26-68)58(85)75-48/h7-13,16-21,34-38,46-54,57,71-72H,14-15,22-33,68H2,1-6H3,(H2,69,83)(H2,70,84)(H,73,90)(H,74,93)(H,75,85)(H,76,86)(H,77,87)(H,78,89)(H,79,92)(H,80,88)(H,81,91)/t46-,47-,48-,49-,50+,51+,52-,53+,54-,57-/m0/s1. The number of hydrogen-bond acceptors (Lipinski definition) is 13. The third-order valence-electron chi connectivity index (χ3n) is 16.8. The molecule has 0 saturated carbocycles. The minimum Gasteiger partial charge on any atom is -0.370 e. The Morgan fingerprint density at radius 1 is 0.479 bits per heavy atom. The summed E-state index contributed by atoms with van der Waals surface area (Å²) >= 11 is 0. The number of para-hydroxylation sites is 2. The number of nitrogens with two attached hydrogens (primary N) is 3. The van der Waals surface area contributed by atoms with Gasteiger partial charge in [-0.25, -0.2) is 0 Å². The SMILES string of the molecule is CC(C)C[C@@H]1NC(=O)[C@H](CCCN)NC(=O)[C@H](C(C)C)NC(=O)[C@@H](Cc2c[nH]c3ccccc23)NC(=O)[C@H](CCC(N)=O)NC(=O)[C@H](CC(N)=O)NC(=O)[C@@H](Cc2c[nH]c3ccccc23)NC(=O)[C@H](CC(C)C)NC(=O)[C@@H]2CCCN2C(=O)[C@@H](Cc2ccccc2)NC1=O. The molecule has 4 heterocycles. The summed E-state index contributed by atoms with van der Waals surface area (Å²) in [5.41, 5.74) is 20.4. The number of amides is 12. The molecule has 2 saturated heterocycles. The van der Waals surface area contributed by atoms with Crippen molar-refractivity contribution >= 4 is 92.7 Å². The van der Waals surface area contributed by atoms with Crippen molar-refractivity contribution < 1.29 is 57.5 Å². The highest BCUT2D eigenvalue weighted by Crippen LogP contribution is 2.24. The van der Waals surface area contributed by atoms with Crippen LogP contribution in [-0.4, -0.2) is 159 Å². The molecule has 506 valence electrons. The van der Waals surface area contributed by atoms with Crippen LogP contribution < -0.4 is 65.1 Å². The molecule has 10 atom stereocenters. The number of nitrogens with one attached hydrogen (secondary N) is 11. The van der Waals surface area contributed by atoms with E-state index in [4.69, 9.17) is 17.2 Å². The topological polar surface area (TPSA) is 426 Å². The zero-order valence-corrected chi connectivity index (χ0v) is 54.1. The van der Waals surface area contributed by atoms with Crippen molar-refractivity contribution in [3.05, 3.63) is 108 Å². The Hall–Kier alpha value is -9.66. The maximum atomic E-state index is 15.1. The highest BCUT2D eigenvalue weighted by Gasteiger charge is 2.42. The first kappa shape index (κ1) is 71.8. The fourth-order valence-electron chi connectivity index (χ4n) is 11.9. The van der Waals surface area contributed by atoms with E-state index in [1.54, 1.807) is 105 Å². The van der Waals surface area contributed by atoms with E-state index in [0.717, 1.165) is 0 Å². The molecule has 12 amide bonds. The van der Waals surface area contributed by atoms with Gasteiger partial charge in [-0.15, -0.1) is 0 Å². The van der Waals surface area contributed by atoms with Crippen molar-refractivity contribution in [2.24, 2.45) is 35.0 Å². The van der Waals surface area contributed by atoms with Gasteiger partial charge in [0.15, 0.2) is 0 Å². The number of aromatic amines is 2. The molecule has 27 heteroatoms. The van der Waals surface area contributed by atoms with Gasteiger partial charge in [0.1, 0.15) is 60.4 Å². The lowest BCUT2D eigenvalue weighted by atomic mass is 9.98. The Bertz CT molecular complexity index is 3530. The molecule has 0 bridgehead atoms. The fourth-order valence-corrected chi connectivity index (χ4v) is 11.9. The first-order chi connectivity index (χ1) is 44.8. The molecule has 0 aliphatic carbocycles. The van der Waals surface area contributed by atoms with E-state index in [-0.39, 0.29) is 76.3 Å². The van der Waals surface area contributed by atoms with Gasteiger partial charge in [0.2, 0.25) is 70.9 Å². The average molecular weight is 1300 g/mol. The predicted octanol–water partition coefficient (Wildman–Crippen LogP) is 0.673. The van der Waals surface area contributed by atoms with Gasteiger partial charge in [0, 0.05) is 66.4 Å². The Morgan fingerprint density at radius 2 is 0.915 bits per heavy atom. The van der Waals surface area contributed by atoms with Crippen molar-refractivity contribution in [1.29, 1.82) is 0 Å². The largest absolute Gasteiger partial charge is 0.370 e. The minimum atomic E-state index is -1.84. The number of nitrogens with zero attached hydrogens (tertiary/aromatic N) is 1. The maximum Gasteiger partial charge on any atom is 0.246 e. The van der Waals surface area contributed by atoms with Crippen molar-refractivity contribution in [3.8, 4) is 0 Å². The third-order valence-corrected chi connectivity index (χ3v) is 16.8. The van der Waals surface area contributed by atoms with Gasteiger partial charge in [-0.05, 0) is 98.1 Å². The molecule has 3 aromatic carbocycles. The maximum absolute atomic E-state index is 15.1. The summed E-state index contributed by atoms with van der Waals surface area (Å²) in [5, 5.41) is 26.0. The number of fused-ring (bicyclic) bond motifs is 3. The zero-order chi connectivity index (χ0) is 68.3. The van der Waals surface area contributed by atoms with Gasteiger partial charge < -0.3 is 79.9 Å². The van der Waals surface area contributed by atoms with Crippen molar-refractivity contribution in [1.82, 2.24) is 62.7 Å². The molecule has 2 aromatic heterocycles. The van der Waals surface area contributed by atoms with Crippen LogP contribution in [-0.2, 0) is 76.8 Å². The number of carbonyl (C=O) groups excluding carboxylic acids is 12. The van der Waals surface area contributed by atoms with Gasteiger partial charge in [0.25, 0.3) is 0 Å². The molecule has 17 N–H and O–H groups in total. The number of hydrogen-bond donors (Lipinski definition) is 14. The molecule has 0 spiro atoms. The van der Waals surface area contributed by atoms with Crippen molar-refractivity contribution in [2.45, 2.75) is 179 Å². The van der Waals surface area contributed by atoms with E-state index in [0.29, 0.717) is 44.9 Å². The van der Waals surface area contributed by atoms with Crippen LogP contribution in [0, 0.1) is 17.8 Å². The summed E-state index contributed by atoms with van der Waals surface area (Å²) in [5.74, 6) is -11.5. The number of rotatable bonds is 19. The summed E-state index contributed by atoms with van der Waals surface area (Å²) < 4.78 is 0. The number of aromatic nitrogens is 2. The van der Waals surface area contributed by atoms with E-state index < -0.39 is 156 Å². The van der Waals surface area contributed by atoms with E-state index in [1.807, 2.05) is 27.7 Å². The highest BCUT2D eigenvalue weighted by atomic mass is 16.2. The monoisotopic (exact) mass is 1300 g/mol. The zero-order valence-electron chi connectivity index (χ0n) is 54.1. The van der Waals surface area contributed by atoms with Crippen LogP contribution >= 0.6 is 0 Å². The molecular weight excluding hydrogens is 1210 g/mol. The lowest BCUT2D eigenvalue weighted by Crippen LogP contribution is -2.62. The molecule has 7 rings (SSSR count). The smallest absolute Gasteiger partial charge is 0.246 e. The van der Waals surface area contributed by atoms with Crippen LogP contribution in [0.5, 0.6) is 0 Å². The number of H-pyrrole nitrogens is 2. The van der Waals surface area contributed by atoms with Crippen LogP contribution in [0.4, 0.5) is 0 Å². The second kappa shape index (κ2) is 33.8.